The molecule has 0 spiro atoms. The first-order valence-electron chi connectivity index (χ1n) is 12.2. The van der Waals surface area contributed by atoms with Crippen molar-refractivity contribution in [1.82, 2.24) is 29.3 Å². The number of nitrogens with one attached hydrogen (secondary N) is 1. The molecule has 0 aliphatic rings. The normalized spacial score (nSPS) is 11.5. The Morgan fingerprint density at radius 1 is 1.05 bits per heavy atom. The number of amides is 1. The number of aromatic nitrogens is 6. The Hall–Kier alpha value is -4.71. The van der Waals surface area contributed by atoms with E-state index < -0.39 is 24.3 Å². The van der Waals surface area contributed by atoms with Crippen molar-refractivity contribution in [1.29, 1.82) is 0 Å². The number of hydrogen-bond acceptors (Lipinski definition) is 7. The molecule has 0 aliphatic carbocycles. The molecule has 4 heterocycles. The van der Waals surface area contributed by atoms with Gasteiger partial charge in [0.25, 0.3) is 12.3 Å². The maximum atomic E-state index is 13.2. The van der Waals surface area contributed by atoms with Gasteiger partial charge in [-0.2, -0.15) is 5.10 Å². The summed E-state index contributed by atoms with van der Waals surface area (Å²) in [5, 5.41) is 7.82. The van der Waals surface area contributed by atoms with Gasteiger partial charge in [-0.25, -0.2) is 18.7 Å². The summed E-state index contributed by atoms with van der Waals surface area (Å²) in [6.07, 6.45) is 3.16. The van der Waals surface area contributed by atoms with Gasteiger partial charge in [-0.1, -0.05) is 23.7 Å². The highest BCUT2D eigenvalue weighted by Gasteiger charge is 2.21. The van der Waals surface area contributed by atoms with Crippen LogP contribution in [0, 0.1) is 0 Å². The summed E-state index contributed by atoms with van der Waals surface area (Å²) in [4.78, 5) is 38.8. The zero-order valence-electron chi connectivity index (χ0n) is 21.3. The highest BCUT2D eigenvalue weighted by atomic mass is 35.5. The standard InChI is InChI=1S/C27H23ClF2N8O2/c1-14(2)38-11-19(20-8-5-16(28)9-32-20)24(39)23(36-38)27(40)35-17-6-3-15(4-7-17)18-10-37(12-21(29)30)26-22(18)25(31)33-13-34-26/h3-11,13-14,21H,12H2,1-2H3,(H,35,40)(H2,31,33,34). The van der Waals surface area contributed by atoms with Crippen molar-refractivity contribution in [2.45, 2.75) is 32.9 Å². The smallest absolute Gasteiger partial charge is 0.280 e. The lowest BCUT2D eigenvalue weighted by Gasteiger charge is -2.14. The zero-order chi connectivity index (χ0) is 28.6. The Kier molecular flexibility index (Phi) is 7.26. The number of nitrogen functional groups attached to an aromatic ring is 1. The second kappa shape index (κ2) is 10.8. The number of anilines is 2. The van der Waals surface area contributed by atoms with Crippen LogP contribution in [0.15, 0.2) is 66.1 Å². The molecule has 5 aromatic rings. The molecule has 0 unspecified atom stereocenters. The lowest BCUT2D eigenvalue weighted by Crippen LogP contribution is -2.28. The monoisotopic (exact) mass is 564 g/mol. The Morgan fingerprint density at radius 3 is 2.45 bits per heavy atom. The maximum absolute atomic E-state index is 13.2. The van der Waals surface area contributed by atoms with E-state index in [1.165, 1.54) is 21.8 Å². The van der Waals surface area contributed by atoms with Crippen molar-refractivity contribution in [3.05, 3.63) is 82.3 Å². The SMILES string of the molecule is CC(C)n1cc(-c2ccc(Cl)cn2)c(=O)c(C(=O)Nc2ccc(-c3cn(CC(F)F)c4ncnc(N)c34)cc2)n1. The predicted octanol–water partition coefficient (Wildman–Crippen LogP) is 5.05. The molecule has 0 saturated heterocycles. The van der Waals surface area contributed by atoms with E-state index in [1.807, 2.05) is 13.8 Å². The van der Waals surface area contributed by atoms with Gasteiger partial charge in [0.15, 0.2) is 5.69 Å². The largest absolute Gasteiger partial charge is 0.383 e. The van der Waals surface area contributed by atoms with Crippen LogP contribution in [0.3, 0.4) is 0 Å². The van der Waals surface area contributed by atoms with Crippen LogP contribution in [0.25, 0.3) is 33.4 Å². The van der Waals surface area contributed by atoms with Gasteiger partial charge < -0.3 is 15.6 Å². The van der Waals surface area contributed by atoms with Crippen LogP contribution in [-0.2, 0) is 6.54 Å². The highest BCUT2D eigenvalue weighted by molar-refractivity contribution is 6.30. The van der Waals surface area contributed by atoms with E-state index in [9.17, 15) is 18.4 Å². The lowest BCUT2D eigenvalue weighted by atomic mass is 10.1. The molecule has 13 heteroatoms. The minimum absolute atomic E-state index is 0.138. The molecule has 0 bridgehead atoms. The third-order valence-electron chi connectivity index (χ3n) is 6.16. The number of fused-ring (bicyclic) bond motifs is 1. The lowest BCUT2D eigenvalue weighted by molar-refractivity contribution is 0.101. The highest BCUT2D eigenvalue weighted by Crippen LogP contribution is 2.33. The first-order chi connectivity index (χ1) is 19.1. The van der Waals surface area contributed by atoms with E-state index in [1.54, 1.807) is 48.8 Å². The molecule has 10 nitrogen and oxygen atoms in total. The van der Waals surface area contributed by atoms with Crippen molar-refractivity contribution in [2.75, 3.05) is 11.1 Å². The first kappa shape index (κ1) is 26.9. The van der Waals surface area contributed by atoms with Crippen molar-refractivity contribution in [3.63, 3.8) is 0 Å². The number of hydrogen-bond donors (Lipinski definition) is 2. The van der Waals surface area contributed by atoms with Crippen molar-refractivity contribution >= 4 is 40.0 Å². The van der Waals surface area contributed by atoms with Gasteiger partial charge in [-0.15, -0.1) is 0 Å². The number of carbonyl (C=O) groups is 1. The third-order valence-corrected chi connectivity index (χ3v) is 6.38. The van der Waals surface area contributed by atoms with Gasteiger partial charge >= 0.3 is 0 Å². The Labute approximate surface area is 231 Å². The molecule has 5 rings (SSSR count). The quantitative estimate of drug-likeness (QED) is 0.282. The summed E-state index contributed by atoms with van der Waals surface area (Å²) >= 11 is 5.93. The van der Waals surface area contributed by atoms with Crippen molar-refractivity contribution < 1.29 is 13.6 Å². The van der Waals surface area contributed by atoms with Gasteiger partial charge in [0.1, 0.15) is 17.8 Å². The van der Waals surface area contributed by atoms with Gasteiger partial charge in [-0.05, 0) is 43.7 Å². The summed E-state index contributed by atoms with van der Waals surface area (Å²) in [6, 6.07) is 9.69. The van der Waals surface area contributed by atoms with Crippen LogP contribution in [0.1, 0.15) is 30.4 Å². The van der Waals surface area contributed by atoms with E-state index in [4.69, 9.17) is 17.3 Å². The molecule has 0 saturated carbocycles. The molecule has 0 fully saturated rings. The molecule has 1 amide bonds. The fourth-order valence-electron chi connectivity index (χ4n) is 4.22. The van der Waals surface area contributed by atoms with Gasteiger partial charge in [0, 0.05) is 35.9 Å². The summed E-state index contributed by atoms with van der Waals surface area (Å²) < 4.78 is 29.1. The van der Waals surface area contributed by atoms with E-state index >= 15 is 0 Å². The minimum atomic E-state index is -2.58. The number of carbonyl (C=O) groups excluding carboxylic acids is 1. The van der Waals surface area contributed by atoms with Gasteiger partial charge in [-0.3, -0.25) is 19.3 Å². The Balaban J connectivity index is 1.47. The van der Waals surface area contributed by atoms with Crippen LogP contribution in [0.5, 0.6) is 0 Å². The molecule has 0 aliphatic heterocycles. The number of halogens is 3. The molecular formula is C27H23ClF2N8O2. The minimum Gasteiger partial charge on any atom is -0.383 e. The number of alkyl halides is 2. The molecule has 3 N–H and O–H groups in total. The topological polar surface area (TPSA) is 134 Å². The Morgan fingerprint density at radius 2 is 1.80 bits per heavy atom. The molecule has 40 heavy (non-hydrogen) atoms. The van der Waals surface area contributed by atoms with Crippen LogP contribution >= 0.6 is 11.6 Å². The molecular weight excluding hydrogens is 542 g/mol. The average molecular weight is 565 g/mol. The fraction of sp³-hybridized carbons (Fsp3) is 0.185. The van der Waals surface area contributed by atoms with Crippen molar-refractivity contribution in [2.24, 2.45) is 0 Å². The van der Waals surface area contributed by atoms with Gasteiger partial charge in [0.05, 0.1) is 28.2 Å². The second-order valence-corrected chi connectivity index (χ2v) is 9.67. The van der Waals surface area contributed by atoms with E-state index in [0.29, 0.717) is 38.6 Å². The predicted molar refractivity (Wildman–Crippen MR) is 148 cm³/mol. The summed E-state index contributed by atoms with van der Waals surface area (Å²) in [7, 11) is 0. The van der Waals surface area contributed by atoms with Crippen LogP contribution in [0.2, 0.25) is 5.02 Å². The number of benzene rings is 1. The molecule has 4 aromatic heterocycles. The van der Waals surface area contributed by atoms with E-state index in [2.05, 4.69) is 25.4 Å². The molecule has 204 valence electrons. The fourth-order valence-corrected chi connectivity index (χ4v) is 4.33. The third kappa shape index (κ3) is 5.25. The molecule has 0 atom stereocenters. The number of rotatable bonds is 7. The summed E-state index contributed by atoms with van der Waals surface area (Å²) in [5.41, 5.74) is 7.64. The van der Waals surface area contributed by atoms with Crippen LogP contribution < -0.4 is 16.5 Å². The van der Waals surface area contributed by atoms with Crippen LogP contribution in [0.4, 0.5) is 20.3 Å². The van der Waals surface area contributed by atoms with E-state index in [0.717, 1.165) is 0 Å². The Bertz CT molecular complexity index is 1770. The molecule has 0 radical (unpaired) electrons. The van der Waals surface area contributed by atoms with Crippen molar-refractivity contribution in [3.8, 4) is 22.4 Å². The molecule has 1 aromatic carbocycles. The summed E-state index contributed by atoms with van der Waals surface area (Å²) in [5.74, 6) is -0.540. The van der Waals surface area contributed by atoms with E-state index in [-0.39, 0.29) is 23.1 Å². The second-order valence-electron chi connectivity index (χ2n) is 9.23. The average Bonchev–Trinajstić information content (AvgIpc) is 3.28. The first-order valence-corrected chi connectivity index (χ1v) is 12.5. The van der Waals surface area contributed by atoms with Gasteiger partial charge in [0.2, 0.25) is 5.43 Å². The number of pyridine rings is 1. The van der Waals surface area contributed by atoms with Crippen LogP contribution in [-0.4, -0.2) is 41.6 Å². The zero-order valence-corrected chi connectivity index (χ0v) is 22.1. The maximum Gasteiger partial charge on any atom is 0.280 e. The summed E-state index contributed by atoms with van der Waals surface area (Å²) in [6.45, 7) is 3.19. The number of nitrogens with two attached hydrogens (primary N) is 1. The number of nitrogens with zero attached hydrogens (tertiary/aromatic N) is 6.